The lowest BCUT2D eigenvalue weighted by Crippen LogP contribution is -2.32. The number of ether oxygens (including phenoxy) is 2. The van der Waals surface area contributed by atoms with Gasteiger partial charge in [-0.1, -0.05) is 6.07 Å². The summed E-state index contributed by atoms with van der Waals surface area (Å²) in [5.41, 5.74) is 6.34. The summed E-state index contributed by atoms with van der Waals surface area (Å²) in [4.78, 5) is 30.6. The summed E-state index contributed by atoms with van der Waals surface area (Å²) >= 11 is 0. The monoisotopic (exact) mass is 373 g/mol. The number of primary amides is 1. The molecule has 1 fully saturated rings. The van der Waals surface area contributed by atoms with E-state index >= 15 is 0 Å². The predicted octanol–water partition coefficient (Wildman–Crippen LogP) is 0.400. The summed E-state index contributed by atoms with van der Waals surface area (Å²) in [5, 5.41) is 6.91. The number of nitrogens with zero attached hydrogens (tertiary/aromatic N) is 3. The van der Waals surface area contributed by atoms with E-state index in [0.29, 0.717) is 29.7 Å². The smallest absolute Gasteiger partial charge is 0.227 e. The number of aromatic nitrogens is 3. The normalized spacial score (nSPS) is 19.1. The van der Waals surface area contributed by atoms with Crippen molar-refractivity contribution in [3.8, 4) is 11.5 Å². The molecule has 3 N–H and O–H groups in total. The second-order valence-corrected chi connectivity index (χ2v) is 6.56. The average Bonchev–Trinajstić information content (AvgIpc) is 3.27. The molecule has 2 heterocycles. The lowest BCUT2D eigenvalue weighted by molar-refractivity contribution is -0.129. The molecule has 0 unspecified atom stereocenters. The van der Waals surface area contributed by atoms with Gasteiger partial charge in [0.15, 0.2) is 17.3 Å². The number of nitrogens with one attached hydrogen (secondary N) is 1. The Balaban J connectivity index is 1.74. The average molecular weight is 373 g/mol. The number of hydrogen-bond acceptors (Lipinski definition) is 6. The Morgan fingerprint density at radius 1 is 1.26 bits per heavy atom. The molecule has 0 spiro atoms. The second-order valence-electron chi connectivity index (χ2n) is 6.56. The molecule has 9 nitrogen and oxygen atoms in total. The van der Waals surface area contributed by atoms with Crippen LogP contribution in [0.1, 0.15) is 23.1 Å². The van der Waals surface area contributed by atoms with E-state index < -0.39 is 11.8 Å². The van der Waals surface area contributed by atoms with Gasteiger partial charge in [0.1, 0.15) is 5.82 Å². The maximum absolute atomic E-state index is 12.8. The minimum Gasteiger partial charge on any atom is -0.493 e. The number of amides is 2. The Morgan fingerprint density at radius 2 is 2.00 bits per heavy atom. The molecule has 3 rings (SSSR count). The summed E-state index contributed by atoms with van der Waals surface area (Å²) in [5.74, 6) is 0.974. The third-order valence-corrected chi connectivity index (χ3v) is 4.79. The molecule has 9 heteroatoms. The van der Waals surface area contributed by atoms with Crippen molar-refractivity contribution in [3.05, 3.63) is 35.4 Å². The lowest BCUT2D eigenvalue weighted by atomic mass is 9.95. The Bertz CT molecular complexity index is 850. The van der Waals surface area contributed by atoms with Crippen molar-refractivity contribution in [2.45, 2.75) is 19.3 Å². The number of aromatic amines is 1. The highest BCUT2D eigenvalue weighted by Crippen LogP contribution is 2.32. The molecule has 2 aromatic rings. The van der Waals surface area contributed by atoms with Crippen molar-refractivity contribution >= 4 is 11.8 Å². The van der Waals surface area contributed by atoms with Crippen molar-refractivity contribution in [1.82, 2.24) is 20.1 Å². The summed E-state index contributed by atoms with van der Waals surface area (Å²) in [7, 11) is 3.10. The van der Waals surface area contributed by atoms with Crippen LogP contribution in [0.2, 0.25) is 0 Å². The van der Waals surface area contributed by atoms with Crippen LogP contribution in [0, 0.1) is 12.8 Å². The minimum atomic E-state index is -0.505. The summed E-state index contributed by atoms with van der Waals surface area (Å²) < 4.78 is 10.5. The van der Waals surface area contributed by atoms with Gasteiger partial charge in [0, 0.05) is 13.1 Å². The van der Waals surface area contributed by atoms with Crippen LogP contribution in [0.4, 0.5) is 0 Å². The SMILES string of the molecule is COc1ccc(CC(=O)N2C[C@@H](C(N)=O)[C@H](c3n[nH]c(C)n3)C2)cc1OC. The van der Waals surface area contributed by atoms with Crippen molar-refractivity contribution in [1.29, 1.82) is 0 Å². The molecule has 1 aromatic carbocycles. The summed E-state index contributed by atoms with van der Waals surface area (Å²) in [6.07, 6.45) is 0.186. The van der Waals surface area contributed by atoms with E-state index in [0.717, 1.165) is 5.56 Å². The van der Waals surface area contributed by atoms with E-state index in [1.54, 1.807) is 38.2 Å². The van der Waals surface area contributed by atoms with Crippen LogP contribution in [0.15, 0.2) is 18.2 Å². The van der Waals surface area contributed by atoms with Gasteiger partial charge in [-0.05, 0) is 24.6 Å². The molecule has 1 aliphatic rings. The first-order valence-corrected chi connectivity index (χ1v) is 8.59. The van der Waals surface area contributed by atoms with Crippen LogP contribution in [0.3, 0.4) is 0 Å². The molecular formula is C18H23N5O4. The van der Waals surface area contributed by atoms with Gasteiger partial charge in [-0.3, -0.25) is 14.7 Å². The van der Waals surface area contributed by atoms with Crippen LogP contribution in [0.5, 0.6) is 11.5 Å². The van der Waals surface area contributed by atoms with Gasteiger partial charge in [0.2, 0.25) is 11.8 Å². The molecule has 1 saturated heterocycles. The highest BCUT2D eigenvalue weighted by Gasteiger charge is 2.41. The Morgan fingerprint density at radius 3 is 2.59 bits per heavy atom. The van der Waals surface area contributed by atoms with E-state index in [1.165, 1.54) is 0 Å². The molecule has 0 radical (unpaired) electrons. The topological polar surface area (TPSA) is 123 Å². The molecule has 0 saturated carbocycles. The molecule has 2 amide bonds. The summed E-state index contributed by atoms with van der Waals surface area (Å²) in [6.45, 7) is 2.40. The van der Waals surface area contributed by atoms with E-state index in [9.17, 15) is 9.59 Å². The fraction of sp³-hybridized carbons (Fsp3) is 0.444. The van der Waals surface area contributed by atoms with Crippen LogP contribution in [-0.4, -0.2) is 59.2 Å². The van der Waals surface area contributed by atoms with Gasteiger partial charge in [0.25, 0.3) is 0 Å². The summed E-state index contributed by atoms with van der Waals surface area (Å²) in [6, 6.07) is 5.35. The van der Waals surface area contributed by atoms with Gasteiger partial charge in [0.05, 0.1) is 32.5 Å². The van der Waals surface area contributed by atoms with Crippen LogP contribution in [-0.2, 0) is 16.0 Å². The molecule has 27 heavy (non-hydrogen) atoms. The standard InChI is InChI=1S/C18H23N5O4/c1-10-20-18(22-21-10)13-9-23(8-12(13)17(19)25)16(24)7-11-4-5-14(26-2)15(6-11)27-3/h4-6,12-13H,7-9H2,1-3H3,(H2,19,25)(H,20,21,22)/t12-,13-/m1/s1. The molecule has 144 valence electrons. The number of methoxy groups -OCH3 is 2. The number of carbonyl (C=O) groups excluding carboxylic acids is 2. The van der Waals surface area contributed by atoms with Crippen molar-refractivity contribution in [2.24, 2.45) is 11.7 Å². The second kappa shape index (κ2) is 7.65. The van der Waals surface area contributed by atoms with Crippen LogP contribution in [0.25, 0.3) is 0 Å². The highest BCUT2D eigenvalue weighted by molar-refractivity contribution is 5.83. The fourth-order valence-electron chi connectivity index (χ4n) is 3.36. The van der Waals surface area contributed by atoms with Crippen LogP contribution >= 0.6 is 0 Å². The first kappa shape index (κ1) is 18.7. The predicted molar refractivity (Wildman–Crippen MR) is 96.4 cm³/mol. The first-order chi connectivity index (χ1) is 12.9. The Labute approximate surface area is 156 Å². The number of benzene rings is 1. The number of H-pyrrole nitrogens is 1. The molecule has 1 aromatic heterocycles. The quantitative estimate of drug-likeness (QED) is 0.755. The van der Waals surface area contributed by atoms with Crippen molar-refractivity contribution in [3.63, 3.8) is 0 Å². The van der Waals surface area contributed by atoms with Gasteiger partial charge >= 0.3 is 0 Å². The Hall–Kier alpha value is -3.10. The fourth-order valence-corrected chi connectivity index (χ4v) is 3.36. The third kappa shape index (κ3) is 3.86. The zero-order valence-corrected chi connectivity index (χ0v) is 15.6. The highest BCUT2D eigenvalue weighted by atomic mass is 16.5. The van der Waals surface area contributed by atoms with E-state index in [2.05, 4.69) is 15.2 Å². The van der Waals surface area contributed by atoms with Crippen molar-refractivity contribution in [2.75, 3.05) is 27.3 Å². The first-order valence-electron chi connectivity index (χ1n) is 8.59. The molecule has 2 atom stereocenters. The Kier molecular flexibility index (Phi) is 5.29. The molecule has 1 aliphatic heterocycles. The number of hydrogen-bond donors (Lipinski definition) is 2. The van der Waals surface area contributed by atoms with Crippen LogP contribution < -0.4 is 15.2 Å². The number of carbonyl (C=O) groups is 2. The minimum absolute atomic E-state index is 0.0942. The van der Waals surface area contributed by atoms with Gasteiger partial charge in [-0.25, -0.2) is 4.98 Å². The lowest BCUT2D eigenvalue weighted by Gasteiger charge is -2.16. The molecule has 0 bridgehead atoms. The van der Waals surface area contributed by atoms with E-state index in [1.807, 2.05) is 6.07 Å². The van der Waals surface area contributed by atoms with Gasteiger partial charge < -0.3 is 20.1 Å². The molecular weight excluding hydrogens is 350 g/mol. The van der Waals surface area contributed by atoms with Crippen molar-refractivity contribution < 1.29 is 19.1 Å². The third-order valence-electron chi connectivity index (χ3n) is 4.79. The maximum atomic E-state index is 12.8. The number of aryl methyl sites for hydroxylation is 1. The number of likely N-dealkylation sites (tertiary alicyclic amines) is 1. The maximum Gasteiger partial charge on any atom is 0.227 e. The number of rotatable bonds is 6. The molecule has 0 aliphatic carbocycles. The van der Waals surface area contributed by atoms with Gasteiger partial charge in [-0.2, -0.15) is 5.10 Å². The zero-order chi connectivity index (χ0) is 19.6. The number of nitrogens with two attached hydrogens (primary N) is 1. The van der Waals surface area contributed by atoms with E-state index in [-0.39, 0.29) is 24.8 Å². The van der Waals surface area contributed by atoms with E-state index in [4.69, 9.17) is 15.2 Å². The zero-order valence-electron chi connectivity index (χ0n) is 15.6. The van der Waals surface area contributed by atoms with Gasteiger partial charge in [-0.15, -0.1) is 0 Å². The largest absolute Gasteiger partial charge is 0.493 e.